The molecule has 0 amide bonds. The fourth-order valence-electron chi connectivity index (χ4n) is 2.32. The van der Waals surface area contributed by atoms with Crippen LogP contribution in [-0.2, 0) is 4.43 Å². The van der Waals surface area contributed by atoms with Crippen LogP contribution in [0.4, 0.5) is 0 Å². The van der Waals surface area contributed by atoms with E-state index in [1.807, 2.05) is 0 Å². The average Bonchev–Trinajstić information content (AvgIpc) is 2.42. The van der Waals surface area contributed by atoms with Gasteiger partial charge in [-0.2, -0.15) is 0 Å². The Morgan fingerprint density at radius 2 is 1.25 bits per heavy atom. The number of benzene rings is 2. The molecular formula is C18H22OSi. The van der Waals surface area contributed by atoms with Gasteiger partial charge in [0, 0.05) is 11.6 Å². The first-order valence-electron chi connectivity index (χ1n) is 7.12. The summed E-state index contributed by atoms with van der Waals surface area (Å²) in [5.74, 6) is 0. The molecule has 0 aliphatic rings. The minimum atomic E-state index is 0.267. The first kappa shape index (κ1) is 15.0. The molecule has 0 fully saturated rings. The van der Waals surface area contributed by atoms with Gasteiger partial charge in [0.1, 0.15) is 0 Å². The van der Waals surface area contributed by atoms with E-state index in [9.17, 15) is 0 Å². The first-order valence-corrected chi connectivity index (χ1v) is 8.10. The monoisotopic (exact) mass is 282 g/mol. The van der Waals surface area contributed by atoms with Crippen molar-refractivity contribution < 1.29 is 4.43 Å². The van der Waals surface area contributed by atoms with Gasteiger partial charge in [0.15, 0.2) is 0 Å². The molecule has 0 aliphatic carbocycles. The lowest BCUT2D eigenvalue weighted by Crippen LogP contribution is -2.19. The zero-order valence-electron chi connectivity index (χ0n) is 12.7. The van der Waals surface area contributed by atoms with Gasteiger partial charge in [0.05, 0.1) is 0 Å². The van der Waals surface area contributed by atoms with E-state index in [2.05, 4.69) is 76.2 Å². The number of aryl methyl sites for hydroxylation is 2. The molecule has 2 rings (SSSR count). The lowest BCUT2D eigenvalue weighted by Gasteiger charge is -2.21. The molecule has 2 radical (unpaired) electrons. The number of hydrogen-bond donors (Lipinski definition) is 0. The lowest BCUT2D eigenvalue weighted by molar-refractivity contribution is 0.252. The summed E-state index contributed by atoms with van der Waals surface area (Å²) in [7, 11) is 0.451. The maximum absolute atomic E-state index is 5.95. The molecule has 0 saturated heterocycles. The molecule has 0 atom stereocenters. The van der Waals surface area contributed by atoms with Crippen molar-refractivity contribution in [1.29, 1.82) is 0 Å². The van der Waals surface area contributed by atoms with Crippen molar-refractivity contribution in [3.8, 4) is 0 Å². The maximum atomic E-state index is 5.95. The normalized spacial score (nSPS) is 11.3. The van der Waals surface area contributed by atoms with E-state index in [-0.39, 0.29) is 6.10 Å². The van der Waals surface area contributed by atoms with Crippen LogP contribution in [0.3, 0.4) is 0 Å². The largest absolute Gasteiger partial charge is 0.414 e. The van der Waals surface area contributed by atoms with Crippen LogP contribution < -0.4 is 0 Å². The molecule has 0 saturated carbocycles. The highest BCUT2D eigenvalue weighted by Gasteiger charge is 2.20. The number of rotatable bonds is 5. The molecule has 0 N–H and O–H groups in total. The second-order valence-electron chi connectivity index (χ2n) is 5.43. The summed E-state index contributed by atoms with van der Waals surface area (Å²) in [6.07, 6.45) is 0.267. The minimum Gasteiger partial charge on any atom is -0.414 e. The van der Waals surface area contributed by atoms with E-state index in [4.69, 9.17) is 4.43 Å². The van der Waals surface area contributed by atoms with E-state index in [1.165, 1.54) is 22.3 Å². The summed E-state index contributed by atoms with van der Waals surface area (Å²) in [4.78, 5) is 0. The standard InChI is InChI=1S/C18H22OSi/c1-13(2)19-20-18(16-11-7-5-9-14(16)3)17-12-8-6-10-15(17)4/h5-13,18H,1-4H3. The summed E-state index contributed by atoms with van der Waals surface area (Å²) in [6, 6.07) is 17.2. The van der Waals surface area contributed by atoms with E-state index < -0.39 is 0 Å². The third-order valence-electron chi connectivity index (χ3n) is 3.42. The molecule has 20 heavy (non-hydrogen) atoms. The van der Waals surface area contributed by atoms with Crippen LogP contribution in [0.1, 0.15) is 41.6 Å². The van der Waals surface area contributed by atoms with Gasteiger partial charge in [-0.15, -0.1) is 0 Å². The summed E-state index contributed by atoms with van der Waals surface area (Å²) in [5.41, 5.74) is 5.75. The Balaban J connectivity index is 2.40. The third-order valence-corrected chi connectivity index (χ3v) is 4.89. The molecule has 0 aliphatic heterocycles. The highest BCUT2D eigenvalue weighted by molar-refractivity contribution is 6.31. The van der Waals surface area contributed by atoms with Gasteiger partial charge >= 0.3 is 0 Å². The Labute approximate surface area is 124 Å². The SMILES string of the molecule is Cc1ccccc1C([Si]OC(C)C)c1ccccc1C. The Morgan fingerprint density at radius 3 is 1.65 bits per heavy atom. The van der Waals surface area contributed by atoms with E-state index in [0.29, 0.717) is 15.3 Å². The van der Waals surface area contributed by atoms with Crippen molar-refractivity contribution in [1.82, 2.24) is 0 Å². The van der Waals surface area contributed by atoms with Gasteiger partial charge in [0.2, 0.25) is 9.76 Å². The van der Waals surface area contributed by atoms with Crippen LogP contribution in [-0.4, -0.2) is 15.9 Å². The molecular weight excluding hydrogens is 260 g/mol. The second-order valence-corrected chi connectivity index (χ2v) is 6.48. The molecule has 104 valence electrons. The molecule has 0 heterocycles. The van der Waals surface area contributed by atoms with Crippen LogP contribution >= 0.6 is 0 Å². The quantitative estimate of drug-likeness (QED) is 0.737. The maximum Gasteiger partial charge on any atom is 0.243 e. The smallest absolute Gasteiger partial charge is 0.243 e. The van der Waals surface area contributed by atoms with Crippen molar-refractivity contribution in [3.05, 3.63) is 70.8 Å². The van der Waals surface area contributed by atoms with E-state index in [1.54, 1.807) is 0 Å². The van der Waals surface area contributed by atoms with Crippen molar-refractivity contribution in [2.45, 2.75) is 39.3 Å². The predicted octanol–water partition coefficient (Wildman–Crippen LogP) is 4.44. The van der Waals surface area contributed by atoms with Crippen LogP contribution in [0, 0.1) is 13.8 Å². The molecule has 2 heteroatoms. The summed E-state index contributed by atoms with van der Waals surface area (Å²) in [6.45, 7) is 8.56. The van der Waals surface area contributed by atoms with Crippen LogP contribution in [0.2, 0.25) is 0 Å². The molecule has 0 bridgehead atoms. The first-order chi connectivity index (χ1) is 9.59. The molecule has 0 spiro atoms. The summed E-state index contributed by atoms with van der Waals surface area (Å²) >= 11 is 0. The zero-order chi connectivity index (χ0) is 14.5. The minimum absolute atomic E-state index is 0.267. The van der Waals surface area contributed by atoms with Gasteiger partial charge in [0.25, 0.3) is 0 Å². The fourth-order valence-corrected chi connectivity index (χ4v) is 3.63. The van der Waals surface area contributed by atoms with E-state index >= 15 is 0 Å². The highest BCUT2D eigenvalue weighted by Crippen LogP contribution is 2.28. The van der Waals surface area contributed by atoms with Gasteiger partial charge in [-0.1, -0.05) is 48.5 Å². The Hall–Kier alpha value is -1.38. The topological polar surface area (TPSA) is 9.23 Å². The summed E-state index contributed by atoms with van der Waals surface area (Å²) in [5, 5.41) is 0. The van der Waals surface area contributed by atoms with E-state index in [0.717, 1.165) is 0 Å². The Kier molecular flexibility index (Phi) is 5.15. The van der Waals surface area contributed by atoms with Gasteiger partial charge in [-0.3, -0.25) is 0 Å². The lowest BCUT2D eigenvalue weighted by atomic mass is 9.97. The van der Waals surface area contributed by atoms with Crippen molar-refractivity contribution in [2.24, 2.45) is 0 Å². The molecule has 0 unspecified atom stereocenters. The van der Waals surface area contributed by atoms with Crippen LogP contribution in [0.25, 0.3) is 0 Å². The highest BCUT2D eigenvalue weighted by atomic mass is 28.2. The molecule has 1 nitrogen and oxygen atoms in total. The van der Waals surface area contributed by atoms with Crippen molar-refractivity contribution in [2.75, 3.05) is 0 Å². The zero-order valence-corrected chi connectivity index (χ0v) is 13.7. The predicted molar refractivity (Wildman–Crippen MR) is 86.2 cm³/mol. The Morgan fingerprint density at radius 1 is 0.800 bits per heavy atom. The van der Waals surface area contributed by atoms with Crippen LogP contribution in [0.15, 0.2) is 48.5 Å². The molecule has 0 aromatic heterocycles. The van der Waals surface area contributed by atoms with Crippen molar-refractivity contribution >= 4 is 9.76 Å². The molecule has 2 aromatic carbocycles. The van der Waals surface area contributed by atoms with Gasteiger partial charge < -0.3 is 4.43 Å². The number of hydrogen-bond acceptors (Lipinski definition) is 1. The average molecular weight is 282 g/mol. The van der Waals surface area contributed by atoms with Crippen molar-refractivity contribution in [3.63, 3.8) is 0 Å². The van der Waals surface area contributed by atoms with Crippen LogP contribution in [0.5, 0.6) is 0 Å². The fraction of sp³-hybridized carbons (Fsp3) is 0.333. The third kappa shape index (κ3) is 3.59. The van der Waals surface area contributed by atoms with Gasteiger partial charge in [-0.25, -0.2) is 0 Å². The molecule has 2 aromatic rings. The van der Waals surface area contributed by atoms with Gasteiger partial charge in [-0.05, 0) is 49.9 Å². The Bertz CT molecular complexity index is 517. The summed E-state index contributed by atoms with van der Waals surface area (Å²) < 4.78 is 5.95. The second kappa shape index (κ2) is 6.87.